The molecule has 3 N–H and O–H groups in total. The van der Waals surface area contributed by atoms with E-state index in [0.717, 1.165) is 12.5 Å². The fourth-order valence-corrected chi connectivity index (χ4v) is 1.99. The summed E-state index contributed by atoms with van der Waals surface area (Å²) in [6.07, 6.45) is 3.16. The molecule has 1 rings (SSSR count). The minimum atomic E-state index is -0.609. The Morgan fingerprint density at radius 3 is 2.67 bits per heavy atom. The SMILES string of the molecule is CN1CCC(CCNC[C@H](O)CO)CC1. The summed E-state index contributed by atoms with van der Waals surface area (Å²) in [6, 6.07) is 0. The van der Waals surface area contributed by atoms with Gasteiger partial charge in [0.15, 0.2) is 0 Å². The summed E-state index contributed by atoms with van der Waals surface area (Å²) in [5, 5.41) is 20.9. The van der Waals surface area contributed by atoms with Gasteiger partial charge in [-0.25, -0.2) is 0 Å². The molecule has 0 aromatic heterocycles. The Morgan fingerprint density at radius 1 is 1.40 bits per heavy atom. The lowest BCUT2D eigenvalue weighted by Crippen LogP contribution is -2.33. The van der Waals surface area contributed by atoms with Crippen molar-refractivity contribution in [1.82, 2.24) is 10.2 Å². The van der Waals surface area contributed by atoms with Gasteiger partial charge in [-0.1, -0.05) is 0 Å². The predicted molar refractivity (Wildman–Crippen MR) is 60.8 cm³/mol. The summed E-state index contributed by atoms with van der Waals surface area (Å²) in [4.78, 5) is 2.37. The first-order valence-electron chi connectivity index (χ1n) is 5.90. The maximum absolute atomic E-state index is 9.11. The molecule has 0 spiro atoms. The number of rotatable bonds is 6. The van der Waals surface area contributed by atoms with Crippen LogP contribution in [0.25, 0.3) is 0 Å². The van der Waals surface area contributed by atoms with Crippen LogP contribution in [0.4, 0.5) is 0 Å². The van der Waals surface area contributed by atoms with Crippen molar-refractivity contribution >= 4 is 0 Å². The summed E-state index contributed by atoms with van der Waals surface area (Å²) >= 11 is 0. The Kier molecular flexibility index (Phi) is 6.17. The highest BCUT2D eigenvalue weighted by atomic mass is 16.3. The van der Waals surface area contributed by atoms with Gasteiger partial charge in [-0.2, -0.15) is 0 Å². The van der Waals surface area contributed by atoms with Crippen LogP contribution in [-0.4, -0.2) is 61.1 Å². The molecule has 90 valence electrons. The third-order valence-electron chi connectivity index (χ3n) is 3.16. The topological polar surface area (TPSA) is 55.7 Å². The van der Waals surface area contributed by atoms with Crippen molar-refractivity contribution in [3.63, 3.8) is 0 Å². The highest BCUT2D eigenvalue weighted by Gasteiger charge is 2.15. The fraction of sp³-hybridized carbons (Fsp3) is 1.00. The van der Waals surface area contributed by atoms with E-state index in [2.05, 4.69) is 17.3 Å². The Hall–Kier alpha value is -0.160. The molecule has 1 fully saturated rings. The van der Waals surface area contributed by atoms with Gasteiger partial charge in [0.05, 0.1) is 12.7 Å². The van der Waals surface area contributed by atoms with Crippen LogP contribution in [0, 0.1) is 5.92 Å². The first kappa shape index (κ1) is 12.9. The first-order valence-corrected chi connectivity index (χ1v) is 5.90. The number of hydrogen-bond donors (Lipinski definition) is 3. The maximum atomic E-state index is 9.11. The number of likely N-dealkylation sites (tertiary alicyclic amines) is 1. The lowest BCUT2D eigenvalue weighted by Gasteiger charge is -2.29. The van der Waals surface area contributed by atoms with Crippen LogP contribution >= 0.6 is 0 Å². The van der Waals surface area contributed by atoms with Crippen LogP contribution in [0.1, 0.15) is 19.3 Å². The zero-order valence-electron chi connectivity index (χ0n) is 9.65. The summed E-state index contributed by atoms with van der Waals surface area (Å²) in [5.41, 5.74) is 0. The Balaban J connectivity index is 1.96. The van der Waals surface area contributed by atoms with E-state index in [0.29, 0.717) is 6.54 Å². The number of hydrogen-bond acceptors (Lipinski definition) is 4. The molecule has 0 aromatic rings. The molecule has 1 saturated heterocycles. The van der Waals surface area contributed by atoms with E-state index in [4.69, 9.17) is 10.2 Å². The Labute approximate surface area is 92.3 Å². The minimum Gasteiger partial charge on any atom is -0.394 e. The smallest absolute Gasteiger partial charge is 0.0894 e. The van der Waals surface area contributed by atoms with E-state index < -0.39 is 6.10 Å². The summed E-state index contributed by atoms with van der Waals surface area (Å²) in [5.74, 6) is 0.833. The minimum absolute atomic E-state index is 0.152. The van der Waals surface area contributed by atoms with Gasteiger partial charge in [0.1, 0.15) is 0 Å². The Bertz CT molecular complexity index is 159. The number of nitrogens with zero attached hydrogens (tertiary/aromatic N) is 1. The van der Waals surface area contributed by atoms with Gasteiger partial charge in [0.2, 0.25) is 0 Å². The maximum Gasteiger partial charge on any atom is 0.0894 e. The van der Waals surface area contributed by atoms with E-state index in [1.54, 1.807) is 0 Å². The second-order valence-electron chi connectivity index (χ2n) is 4.58. The molecule has 1 aliphatic heterocycles. The zero-order valence-corrected chi connectivity index (χ0v) is 9.65. The molecular formula is C11H24N2O2. The molecule has 15 heavy (non-hydrogen) atoms. The second-order valence-corrected chi connectivity index (χ2v) is 4.58. The van der Waals surface area contributed by atoms with Gasteiger partial charge in [-0.3, -0.25) is 0 Å². The lowest BCUT2D eigenvalue weighted by atomic mass is 9.94. The molecular weight excluding hydrogens is 192 g/mol. The highest BCUT2D eigenvalue weighted by Crippen LogP contribution is 2.18. The van der Waals surface area contributed by atoms with Gasteiger partial charge in [-0.05, 0) is 51.9 Å². The molecule has 0 aliphatic carbocycles. The average Bonchev–Trinajstić information content (AvgIpc) is 2.26. The van der Waals surface area contributed by atoms with E-state index in [9.17, 15) is 0 Å². The average molecular weight is 216 g/mol. The van der Waals surface area contributed by atoms with E-state index in [1.807, 2.05) is 0 Å². The summed E-state index contributed by atoms with van der Waals surface area (Å²) < 4.78 is 0. The van der Waals surface area contributed by atoms with Crippen LogP contribution in [0.15, 0.2) is 0 Å². The normalized spacial score (nSPS) is 21.8. The molecule has 0 unspecified atom stereocenters. The van der Waals surface area contributed by atoms with Gasteiger partial charge in [0.25, 0.3) is 0 Å². The Morgan fingerprint density at radius 2 is 2.07 bits per heavy atom. The molecule has 4 nitrogen and oxygen atoms in total. The van der Waals surface area contributed by atoms with Gasteiger partial charge in [-0.15, -0.1) is 0 Å². The van der Waals surface area contributed by atoms with E-state index >= 15 is 0 Å². The van der Waals surface area contributed by atoms with Crippen LogP contribution in [0.5, 0.6) is 0 Å². The van der Waals surface area contributed by atoms with Crippen LogP contribution in [0.3, 0.4) is 0 Å². The number of aliphatic hydroxyl groups is 2. The lowest BCUT2D eigenvalue weighted by molar-refractivity contribution is 0.0938. The molecule has 1 atom stereocenters. The van der Waals surface area contributed by atoms with Crippen molar-refractivity contribution in [1.29, 1.82) is 0 Å². The summed E-state index contributed by atoms with van der Waals surface area (Å²) in [7, 11) is 2.17. The van der Waals surface area contributed by atoms with E-state index in [-0.39, 0.29) is 6.61 Å². The number of aliphatic hydroxyl groups excluding tert-OH is 2. The van der Waals surface area contributed by atoms with Crippen molar-refractivity contribution in [3.05, 3.63) is 0 Å². The molecule has 1 heterocycles. The van der Waals surface area contributed by atoms with Crippen LogP contribution < -0.4 is 5.32 Å². The van der Waals surface area contributed by atoms with Crippen LogP contribution in [0.2, 0.25) is 0 Å². The molecule has 1 aliphatic rings. The molecule has 0 amide bonds. The van der Waals surface area contributed by atoms with Crippen molar-refractivity contribution in [3.8, 4) is 0 Å². The third kappa shape index (κ3) is 5.47. The number of piperidine rings is 1. The van der Waals surface area contributed by atoms with E-state index in [1.165, 1.54) is 32.4 Å². The molecule has 0 aromatic carbocycles. The molecule has 0 bridgehead atoms. The van der Waals surface area contributed by atoms with Crippen molar-refractivity contribution in [2.24, 2.45) is 5.92 Å². The van der Waals surface area contributed by atoms with Crippen LogP contribution in [-0.2, 0) is 0 Å². The molecule has 4 heteroatoms. The predicted octanol–water partition coefficient (Wildman–Crippen LogP) is -0.339. The zero-order chi connectivity index (χ0) is 11.1. The largest absolute Gasteiger partial charge is 0.394 e. The van der Waals surface area contributed by atoms with Crippen molar-refractivity contribution < 1.29 is 10.2 Å². The number of nitrogens with one attached hydrogen (secondary N) is 1. The highest BCUT2D eigenvalue weighted by molar-refractivity contribution is 4.71. The van der Waals surface area contributed by atoms with Gasteiger partial charge < -0.3 is 20.4 Å². The third-order valence-corrected chi connectivity index (χ3v) is 3.16. The summed E-state index contributed by atoms with van der Waals surface area (Å²) in [6.45, 7) is 3.73. The van der Waals surface area contributed by atoms with Gasteiger partial charge in [0, 0.05) is 6.54 Å². The van der Waals surface area contributed by atoms with Crippen molar-refractivity contribution in [2.45, 2.75) is 25.4 Å². The first-order chi connectivity index (χ1) is 7.22. The molecule has 0 saturated carbocycles. The monoisotopic (exact) mass is 216 g/mol. The van der Waals surface area contributed by atoms with Crippen molar-refractivity contribution in [2.75, 3.05) is 39.8 Å². The fourth-order valence-electron chi connectivity index (χ4n) is 1.99. The molecule has 0 radical (unpaired) electrons. The van der Waals surface area contributed by atoms with Gasteiger partial charge >= 0.3 is 0 Å². The second kappa shape index (κ2) is 7.17. The quantitative estimate of drug-likeness (QED) is 0.532. The standard InChI is InChI=1S/C11H24N2O2/c1-13-6-3-10(4-7-13)2-5-12-8-11(15)9-14/h10-12,14-15H,2-9H2,1H3/t11-/m0/s1.